The Balaban J connectivity index is 2.29. The normalized spacial score (nSPS) is 12.1. The summed E-state index contributed by atoms with van der Waals surface area (Å²) in [5, 5.41) is 0.831. The van der Waals surface area contributed by atoms with Crippen LogP contribution < -0.4 is 5.46 Å². The Morgan fingerprint density at radius 3 is 2.81 bits per heavy atom. The van der Waals surface area contributed by atoms with Gasteiger partial charge in [0, 0.05) is 5.02 Å². The van der Waals surface area contributed by atoms with Crippen molar-refractivity contribution in [3.63, 3.8) is 0 Å². The molecule has 78 valence electrons. The molecule has 0 nitrogen and oxygen atoms in total. The van der Waals surface area contributed by atoms with Crippen molar-refractivity contribution in [2.45, 2.75) is 13.2 Å². The fourth-order valence-corrected chi connectivity index (χ4v) is 2.75. The van der Waals surface area contributed by atoms with Crippen LogP contribution in [0.3, 0.4) is 0 Å². The highest BCUT2D eigenvalue weighted by Gasteiger charge is 2.20. The lowest BCUT2D eigenvalue weighted by Gasteiger charge is -2.07. The maximum atomic E-state index is 6.09. The van der Waals surface area contributed by atoms with E-state index in [0.29, 0.717) is 0 Å². The fraction of sp³-hybridized carbons (Fsp3) is 0.143. The molecule has 16 heavy (non-hydrogen) atoms. The van der Waals surface area contributed by atoms with Crippen molar-refractivity contribution in [2.24, 2.45) is 0 Å². The summed E-state index contributed by atoms with van der Waals surface area (Å²) in [4.78, 5) is 0. The first-order valence-corrected chi connectivity index (χ1v) is 6.07. The summed E-state index contributed by atoms with van der Waals surface area (Å²) >= 11 is 6.09. The van der Waals surface area contributed by atoms with Crippen LogP contribution in [0.5, 0.6) is 0 Å². The molecular weight excluding hydrogens is 214 g/mol. The molecule has 0 radical (unpaired) electrons. The highest BCUT2D eigenvalue weighted by molar-refractivity contribution is 6.54. The number of hydrogen-bond donors (Lipinski definition) is 0. The van der Waals surface area contributed by atoms with Gasteiger partial charge in [0.2, 0.25) is 0 Å². The smallest absolute Gasteiger partial charge is 0.0849 e. The van der Waals surface area contributed by atoms with E-state index in [0.717, 1.165) is 18.7 Å². The van der Waals surface area contributed by atoms with E-state index in [-0.39, 0.29) is 0 Å². The summed E-state index contributed by atoms with van der Waals surface area (Å²) in [5.74, 6) is 0. The molecule has 0 heterocycles. The van der Waals surface area contributed by atoms with Gasteiger partial charge >= 0.3 is 0 Å². The first-order valence-electron chi connectivity index (χ1n) is 5.69. The van der Waals surface area contributed by atoms with Crippen molar-refractivity contribution in [3.8, 4) is 11.1 Å². The van der Waals surface area contributed by atoms with Crippen LogP contribution >= 0.6 is 11.6 Å². The van der Waals surface area contributed by atoms with Crippen LogP contribution in [0.4, 0.5) is 0 Å². The summed E-state index contributed by atoms with van der Waals surface area (Å²) in [7, 11) is 1.08. The molecular formula is C14H12BCl. The molecule has 2 aromatic rings. The Bertz CT molecular complexity index is 561. The average molecular weight is 227 g/mol. The molecule has 0 amide bonds. The molecule has 0 saturated carbocycles. The lowest BCUT2D eigenvalue weighted by Crippen LogP contribution is -2.13. The summed E-state index contributed by atoms with van der Waals surface area (Å²) in [6, 6.07) is 12.8. The SMILES string of the molecule is CBc1cccc2c1-c1cc(Cl)ccc1C2. The molecule has 0 N–H and O–H groups in total. The molecule has 0 saturated heterocycles. The number of rotatable bonds is 1. The van der Waals surface area contributed by atoms with Crippen molar-refractivity contribution in [1.29, 1.82) is 0 Å². The van der Waals surface area contributed by atoms with E-state index in [9.17, 15) is 0 Å². The average Bonchev–Trinajstić information content (AvgIpc) is 2.66. The molecule has 0 aromatic heterocycles. The van der Waals surface area contributed by atoms with Gasteiger partial charge in [0.1, 0.15) is 0 Å². The first kappa shape index (κ1) is 9.98. The zero-order chi connectivity index (χ0) is 11.1. The molecule has 0 atom stereocenters. The Morgan fingerprint density at radius 1 is 1.12 bits per heavy atom. The van der Waals surface area contributed by atoms with E-state index in [1.807, 2.05) is 6.07 Å². The summed E-state index contributed by atoms with van der Waals surface area (Å²) in [6.07, 6.45) is 1.05. The standard InChI is InChI=1S/C14H12BCl/c1-15-13-4-2-3-10-7-9-5-6-11(16)8-12(9)14(10)13/h2-6,8,15H,7H2,1H3. The molecule has 0 unspecified atom stereocenters. The van der Waals surface area contributed by atoms with E-state index in [1.165, 1.54) is 27.7 Å². The van der Waals surface area contributed by atoms with Crippen molar-refractivity contribution in [2.75, 3.05) is 0 Å². The van der Waals surface area contributed by atoms with Gasteiger partial charge in [-0.3, -0.25) is 0 Å². The summed E-state index contributed by atoms with van der Waals surface area (Å²) in [5.41, 5.74) is 7.03. The van der Waals surface area contributed by atoms with Crippen LogP contribution in [-0.2, 0) is 6.42 Å². The molecule has 1 aliphatic rings. The van der Waals surface area contributed by atoms with Gasteiger partial charge in [-0.25, -0.2) is 0 Å². The van der Waals surface area contributed by atoms with Crippen LogP contribution in [-0.4, -0.2) is 7.28 Å². The lowest BCUT2D eigenvalue weighted by molar-refractivity contribution is 1.26. The van der Waals surface area contributed by atoms with Gasteiger partial charge in [0.15, 0.2) is 7.28 Å². The maximum absolute atomic E-state index is 6.09. The van der Waals surface area contributed by atoms with Gasteiger partial charge in [0.25, 0.3) is 0 Å². The molecule has 2 heteroatoms. The van der Waals surface area contributed by atoms with E-state index < -0.39 is 0 Å². The first-order chi connectivity index (χ1) is 7.79. The third kappa shape index (κ3) is 1.39. The van der Waals surface area contributed by atoms with Gasteiger partial charge in [-0.1, -0.05) is 48.2 Å². The van der Waals surface area contributed by atoms with E-state index in [4.69, 9.17) is 11.6 Å². The highest BCUT2D eigenvalue weighted by Crippen LogP contribution is 2.36. The largest absolute Gasteiger partial charge is 0.155 e. The quantitative estimate of drug-likeness (QED) is 0.560. The van der Waals surface area contributed by atoms with Gasteiger partial charge < -0.3 is 0 Å². The minimum atomic E-state index is 0.831. The zero-order valence-electron chi connectivity index (χ0n) is 9.26. The second-order valence-electron chi connectivity index (χ2n) is 4.28. The lowest BCUT2D eigenvalue weighted by atomic mass is 9.69. The van der Waals surface area contributed by atoms with Crippen molar-refractivity contribution < 1.29 is 0 Å². The number of benzene rings is 2. The topological polar surface area (TPSA) is 0 Å². The van der Waals surface area contributed by atoms with Gasteiger partial charge in [-0.2, -0.15) is 0 Å². The van der Waals surface area contributed by atoms with Gasteiger partial charge in [-0.15, -0.1) is 0 Å². The van der Waals surface area contributed by atoms with Crippen LogP contribution in [0.15, 0.2) is 36.4 Å². The molecule has 0 aliphatic heterocycles. The van der Waals surface area contributed by atoms with Crippen LogP contribution in [0, 0.1) is 0 Å². The number of fused-ring (bicyclic) bond motifs is 3. The van der Waals surface area contributed by atoms with Crippen LogP contribution in [0.2, 0.25) is 11.8 Å². The van der Waals surface area contributed by atoms with Crippen molar-refractivity contribution in [3.05, 3.63) is 52.5 Å². The third-order valence-corrected chi connectivity index (χ3v) is 3.58. The minimum Gasteiger partial charge on any atom is -0.0849 e. The molecule has 1 aliphatic carbocycles. The molecule has 0 bridgehead atoms. The fourth-order valence-electron chi connectivity index (χ4n) is 2.58. The van der Waals surface area contributed by atoms with Gasteiger partial charge in [0.05, 0.1) is 0 Å². The highest BCUT2D eigenvalue weighted by atomic mass is 35.5. The molecule has 2 aromatic carbocycles. The molecule has 0 spiro atoms. The minimum absolute atomic E-state index is 0.831. The Morgan fingerprint density at radius 2 is 2.00 bits per heavy atom. The van der Waals surface area contributed by atoms with E-state index >= 15 is 0 Å². The maximum Gasteiger partial charge on any atom is 0.155 e. The predicted octanol–water partition coefficient (Wildman–Crippen LogP) is 3.02. The van der Waals surface area contributed by atoms with Crippen molar-refractivity contribution >= 4 is 24.3 Å². The predicted molar refractivity (Wildman–Crippen MR) is 72.3 cm³/mol. The second kappa shape index (κ2) is 3.67. The Hall–Kier alpha value is -1.21. The van der Waals surface area contributed by atoms with E-state index in [2.05, 4.69) is 37.2 Å². The van der Waals surface area contributed by atoms with Gasteiger partial charge in [-0.05, 0) is 40.8 Å². The molecule has 3 rings (SSSR count). The summed E-state index contributed by atoms with van der Waals surface area (Å²) < 4.78 is 0. The van der Waals surface area contributed by atoms with Crippen LogP contribution in [0.25, 0.3) is 11.1 Å². The summed E-state index contributed by atoms with van der Waals surface area (Å²) in [6.45, 7) is 2.21. The zero-order valence-corrected chi connectivity index (χ0v) is 10.0. The van der Waals surface area contributed by atoms with Crippen LogP contribution in [0.1, 0.15) is 11.1 Å². The molecule has 0 fully saturated rings. The van der Waals surface area contributed by atoms with Crippen molar-refractivity contribution in [1.82, 2.24) is 0 Å². The Kier molecular flexibility index (Phi) is 2.29. The Labute approximate surface area is 102 Å². The number of halogens is 1. The van der Waals surface area contributed by atoms with E-state index in [1.54, 1.807) is 0 Å². The monoisotopic (exact) mass is 226 g/mol. The number of hydrogen-bond acceptors (Lipinski definition) is 0. The third-order valence-electron chi connectivity index (χ3n) is 3.34. The second-order valence-corrected chi connectivity index (χ2v) is 4.72.